The maximum atomic E-state index is 13.8. The molecule has 48 heavy (non-hydrogen) atoms. The summed E-state index contributed by atoms with van der Waals surface area (Å²) in [7, 11) is 1.99. The molecule has 0 spiro atoms. The summed E-state index contributed by atoms with van der Waals surface area (Å²) < 4.78 is 45.5. The van der Waals surface area contributed by atoms with E-state index in [2.05, 4.69) is 51.9 Å². The van der Waals surface area contributed by atoms with Crippen LogP contribution in [0.1, 0.15) is 35.3 Å². The van der Waals surface area contributed by atoms with Crippen molar-refractivity contribution in [3.05, 3.63) is 114 Å². The van der Waals surface area contributed by atoms with Gasteiger partial charge < -0.3 is 25.4 Å². The molecule has 0 unspecified atom stereocenters. The molecule has 4 aromatic rings. The number of carbonyl (C=O) groups excluding carboxylic acids is 2. The third-order valence-corrected chi connectivity index (χ3v) is 8.41. The van der Waals surface area contributed by atoms with E-state index in [4.69, 9.17) is 4.74 Å². The molecule has 5 rings (SSSR count). The molecule has 8 nitrogen and oxygen atoms in total. The molecule has 0 aromatic heterocycles. The van der Waals surface area contributed by atoms with Gasteiger partial charge in [-0.1, -0.05) is 67.6 Å². The minimum absolute atomic E-state index is 0.157. The maximum Gasteiger partial charge on any atom is 0.416 e. The van der Waals surface area contributed by atoms with Crippen LogP contribution in [0, 0.1) is 5.92 Å². The van der Waals surface area contributed by atoms with E-state index < -0.39 is 29.9 Å². The van der Waals surface area contributed by atoms with E-state index in [9.17, 15) is 27.9 Å². The number of alkyl halides is 3. The average Bonchev–Trinajstić information content (AvgIpc) is 3.07. The number of halogens is 3. The van der Waals surface area contributed by atoms with Gasteiger partial charge in [0.05, 0.1) is 29.5 Å². The van der Waals surface area contributed by atoms with Crippen LogP contribution in [0.4, 0.5) is 29.3 Å². The van der Waals surface area contributed by atoms with Crippen molar-refractivity contribution in [1.29, 1.82) is 0 Å². The van der Waals surface area contributed by atoms with Gasteiger partial charge in [0.2, 0.25) is 0 Å². The topological polar surface area (TPSA) is 94.1 Å². The Bertz CT molecular complexity index is 1700. The van der Waals surface area contributed by atoms with Gasteiger partial charge in [0, 0.05) is 31.2 Å². The molecule has 3 amide bonds. The first-order chi connectivity index (χ1) is 22.9. The van der Waals surface area contributed by atoms with Gasteiger partial charge in [-0.2, -0.15) is 13.2 Å². The molecule has 4 aromatic carbocycles. The molecule has 3 atom stereocenters. The van der Waals surface area contributed by atoms with Crippen molar-refractivity contribution in [2.75, 3.05) is 37.4 Å². The highest BCUT2D eigenvalue weighted by molar-refractivity contribution is 6.04. The van der Waals surface area contributed by atoms with Crippen molar-refractivity contribution < 1.29 is 32.6 Å². The van der Waals surface area contributed by atoms with Crippen LogP contribution >= 0.6 is 0 Å². The van der Waals surface area contributed by atoms with Crippen LogP contribution < -0.4 is 15.4 Å². The zero-order valence-corrected chi connectivity index (χ0v) is 27.0. The largest absolute Gasteiger partial charge is 0.486 e. The predicted molar refractivity (Wildman–Crippen MR) is 180 cm³/mol. The van der Waals surface area contributed by atoms with Gasteiger partial charge in [-0.15, -0.1) is 0 Å². The van der Waals surface area contributed by atoms with Crippen LogP contribution in [-0.4, -0.2) is 65.7 Å². The number of amides is 3. The van der Waals surface area contributed by atoms with Gasteiger partial charge in [0.25, 0.3) is 5.91 Å². The Kier molecular flexibility index (Phi) is 10.7. The standard InChI is InChI=1S/C37H39F3N4O4/c1-24-20-44(25(2)23-45)35(46)31-10-7-11-32(42-36(47)41-30-18-16-29(17-19-30)37(38,39)40)34(31)48-33(24)22-43(3)21-26-12-14-28(15-13-26)27-8-5-4-6-9-27/h4-19,24-25,33,45H,20-23H2,1-3H3,(H2,41,42,47)/t24-,25-,33-/m1/s1. The molecule has 1 aliphatic rings. The van der Waals surface area contributed by atoms with Gasteiger partial charge >= 0.3 is 12.2 Å². The van der Waals surface area contributed by atoms with Gasteiger partial charge in [-0.25, -0.2) is 4.79 Å². The fraction of sp³-hybridized carbons (Fsp3) is 0.297. The predicted octanol–water partition coefficient (Wildman–Crippen LogP) is 7.37. The van der Waals surface area contributed by atoms with Crippen molar-refractivity contribution in [3.8, 4) is 16.9 Å². The molecule has 1 heterocycles. The van der Waals surface area contributed by atoms with E-state index in [1.54, 1.807) is 30.0 Å². The molecular weight excluding hydrogens is 621 g/mol. The number of nitrogens with zero attached hydrogens (tertiary/aromatic N) is 2. The summed E-state index contributed by atoms with van der Waals surface area (Å²) in [5, 5.41) is 15.2. The van der Waals surface area contributed by atoms with Crippen LogP contribution in [0.3, 0.4) is 0 Å². The summed E-state index contributed by atoms with van der Waals surface area (Å²) in [6, 6.07) is 26.2. The van der Waals surface area contributed by atoms with Crippen LogP contribution in [-0.2, 0) is 12.7 Å². The van der Waals surface area contributed by atoms with Crippen LogP contribution in [0.25, 0.3) is 11.1 Å². The summed E-state index contributed by atoms with van der Waals surface area (Å²) in [5.41, 5.74) is 3.15. The molecule has 3 N–H and O–H groups in total. The number of benzene rings is 4. The normalized spacial score (nSPS) is 17.2. The first-order valence-corrected chi connectivity index (χ1v) is 15.7. The average molecular weight is 661 g/mol. The highest BCUT2D eigenvalue weighted by Crippen LogP contribution is 2.35. The van der Waals surface area contributed by atoms with Crippen molar-refractivity contribution in [1.82, 2.24) is 9.80 Å². The second-order valence-corrected chi connectivity index (χ2v) is 12.2. The lowest BCUT2D eigenvalue weighted by molar-refractivity contribution is -0.137. The molecule has 0 saturated heterocycles. The number of urea groups is 1. The van der Waals surface area contributed by atoms with E-state index in [0.717, 1.165) is 41.0 Å². The SMILES string of the molecule is C[C@@H]1CN([C@H](C)CO)C(=O)c2cccc(NC(=O)Nc3ccc(C(F)(F)F)cc3)c2O[C@@H]1CN(C)Cc1ccc(-c2ccccc2)cc1. The molecule has 0 radical (unpaired) electrons. The Hall–Kier alpha value is -4.87. The van der Waals surface area contributed by atoms with Crippen molar-refractivity contribution in [2.24, 2.45) is 5.92 Å². The Morgan fingerprint density at radius 2 is 1.62 bits per heavy atom. The Morgan fingerprint density at radius 3 is 2.27 bits per heavy atom. The molecule has 11 heteroatoms. The zero-order valence-electron chi connectivity index (χ0n) is 27.0. The van der Waals surface area contributed by atoms with E-state index in [1.165, 1.54) is 0 Å². The minimum atomic E-state index is -4.50. The molecule has 1 aliphatic heterocycles. The second-order valence-electron chi connectivity index (χ2n) is 12.2. The zero-order chi connectivity index (χ0) is 34.4. The fourth-order valence-electron chi connectivity index (χ4n) is 5.70. The number of likely N-dealkylation sites (N-methyl/N-ethyl adjacent to an activating group) is 1. The lowest BCUT2D eigenvalue weighted by Gasteiger charge is -2.38. The van der Waals surface area contributed by atoms with Crippen molar-refractivity contribution in [2.45, 2.75) is 38.7 Å². The second kappa shape index (κ2) is 14.9. The lowest BCUT2D eigenvalue weighted by Crippen LogP contribution is -2.49. The number of hydrogen-bond acceptors (Lipinski definition) is 5. The first-order valence-electron chi connectivity index (χ1n) is 15.7. The highest BCUT2D eigenvalue weighted by atomic mass is 19.4. The van der Waals surface area contributed by atoms with E-state index in [-0.39, 0.29) is 41.1 Å². The third kappa shape index (κ3) is 8.34. The third-order valence-electron chi connectivity index (χ3n) is 8.41. The number of carbonyl (C=O) groups is 2. The smallest absolute Gasteiger partial charge is 0.416 e. The molecule has 0 aliphatic carbocycles. The number of nitrogens with one attached hydrogen (secondary N) is 2. The van der Waals surface area contributed by atoms with Gasteiger partial charge in [0.1, 0.15) is 6.10 Å². The molecule has 0 fully saturated rings. The minimum Gasteiger partial charge on any atom is -0.486 e. The van der Waals surface area contributed by atoms with Gasteiger partial charge in [0.15, 0.2) is 5.75 Å². The highest BCUT2D eigenvalue weighted by Gasteiger charge is 2.35. The summed E-state index contributed by atoms with van der Waals surface area (Å²) in [6.45, 7) is 4.99. The molecule has 252 valence electrons. The Balaban J connectivity index is 1.36. The van der Waals surface area contributed by atoms with Crippen molar-refractivity contribution >= 4 is 23.3 Å². The van der Waals surface area contributed by atoms with Crippen LogP contribution in [0.2, 0.25) is 0 Å². The van der Waals surface area contributed by atoms with E-state index >= 15 is 0 Å². The Morgan fingerprint density at radius 1 is 0.958 bits per heavy atom. The number of anilines is 2. The van der Waals surface area contributed by atoms with Crippen LogP contribution in [0.5, 0.6) is 5.75 Å². The molecule has 0 saturated carbocycles. The van der Waals surface area contributed by atoms with Gasteiger partial charge in [-0.05, 0) is 67.1 Å². The van der Waals surface area contributed by atoms with Crippen LogP contribution in [0.15, 0.2) is 97.1 Å². The number of rotatable bonds is 9. The summed E-state index contributed by atoms with van der Waals surface area (Å²) in [5.74, 6) is -0.332. The maximum absolute atomic E-state index is 13.8. The van der Waals surface area contributed by atoms with E-state index in [1.807, 2.05) is 32.2 Å². The monoisotopic (exact) mass is 660 g/mol. The number of ether oxygens (including phenoxy) is 1. The molecule has 0 bridgehead atoms. The first kappa shape index (κ1) is 34.5. The summed E-state index contributed by atoms with van der Waals surface area (Å²) in [4.78, 5) is 30.5. The number of fused-ring (bicyclic) bond motifs is 1. The summed E-state index contributed by atoms with van der Waals surface area (Å²) >= 11 is 0. The van der Waals surface area contributed by atoms with Gasteiger partial charge in [-0.3, -0.25) is 9.69 Å². The van der Waals surface area contributed by atoms with E-state index in [0.29, 0.717) is 19.6 Å². The number of aliphatic hydroxyl groups is 1. The number of para-hydroxylation sites is 1. The van der Waals surface area contributed by atoms with Crippen molar-refractivity contribution in [3.63, 3.8) is 0 Å². The fourth-order valence-corrected chi connectivity index (χ4v) is 5.70. The molecular formula is C37H39F3N4O4. The quantitative estimate of drug-likeness (QED) is 0.174. The summed E-state index contributed by atoms with van der Waals surface area (Å²) in [6.07, 6.45) is -4.92. The number of hydrogen-bond donors (Lipinski definition) is 3. The lowest BCUT2D eigenvalue weighted by atomic mass is 9.98. The Labute approximate surface area is 278 Å². The number of aliphatic hydroxyl groups excluding tert-OH is 1.